The number of rotatable bonds is 3. The number of hydrogen-bond donors (Lipinski definition) is 1. The van der Waals surface area contributed by atoms with Crippen molar-refractivity contribution in [3.63, 3.8) is 0 Å². The van der Waals surface area contributed by atoms with Crippen LogP contribution in [0.3, 0.4) is 0 Å². The molecular weight excluding hydrogens is 278 g/mol. The zero-order chi connectivity index (χ0) is 15.1. The average molecular weight is 296 g/mol. The average Bonchev–Trinajstić information content (AvgIpc) is 2.62. The van der Waals surface area contributed by atoms with Crippen molar-refractivity contribution in [1.82, 2.24) is 5.32 Å². The highest BCUT2D eigenvalue weighted by Crippen LogP contribution is 2.37. The number of Topliss-reactive ketones (excluding diaryl/α,β-unsaturated/α-hetero) is 1. The van der Waals surface area contributed by atoms with Crippen molar-refractivity contribution in [2.45, 2.75) is 32.2 Å². The lowest BCUT2D eigenvalue weighted by molar-refractivity contribution is -0.125. The molecule has 1 aliphatic rings. The van der Waals surface area contributed by atoms with E-state index in [9.17, 15) is 9.59 Å². The molecule has 1 amide bonds. The van der Waals surface area contributed by atoms with Crippen molar-refractivity contribution in [3.8, 4) is 5.75 Å². The molecular formula is C15H18ClNO3. The molecule has 2 atom stereocenters. The molecule has 20 heavy (non-hydrogen) atoms. The first-order chi connectivity index (χ1) is 9.31. The number of ether oxygens (including phenoxy) is 1. The van der Waals surface area contributed by atoms with Crippen molar-refractivity contribution in [1.29, 1.82) is 0 Å². The minimum Gasteiger partial charge on any atom is -0.497 e. The van der Waals surface area contributed by atoms with Crippen molar-refractivity contribution in [3.05, 3.63) is 28.8 Å². The molecule has 1 aliphatic heterocycles. The van der Waals surface area contributed by atoms with Crippen LogP contribution in [0.15, 0.2) is 18.2 Å². The van der Waals surface area contributed by atoms with E-state index >= 15 is 0 Å². The second-order valence-electron chi connectivity index (χ2n) is 5.53. The molecule has 1 aromatic rings. The summed E-state index contributed by atoms with van der Waals surface area (Å²) < 4.78 is 5.08. The summed E-state index contributed by atoms with van der Waals surface area (Å²) in [6.45, 7) is 5.59. The zero-order valence-electron chi connectivity index (χ0n) is 12.0. The Hall–Kier alpha value is -1.55. The molecule has 108 valence electrons. The Morgan fingerprint density at radius 3 is 2.45 bits per heavy atom. The second-order valence-corrected chi connectivity index (χ2v) is 5.94. The SMILES string of the molecule is COc1ccc(C2C(=O)NC(C)(C(C)C)C2=O)c(Cl)c1. The summed E-state index contributed by atoms with van der Waals surface area (Å²) >= 11 is 6.18. The number of carbonyl (C=O) groups excluding carboxylic acids is 2. The molecule has 2 unspecified atom stereocenters. The van der Waals surface area contributed by atoms with E-state index in [1.54, 1.807) is 25.1 Å². The van der Waals surface area contributed by atoms with Crippen LogP contribution in [-0.2, 0) is 9.59 Å². The van der Waals surface area contributed by atoms with Crippen LogP contribution in [0.5, 0.6) is 5.75 Å². The van der Waals surface area contributed by atoms with Crippen LogP contribution >= 0.6 is 11.6 Å². The van der Waals surface area contributed by atoms with Gasteiger partial charge in [0.25, 0.3) is 0 Å². The van der Waals surface area contributed by atoms with Gasteiger partial charge < -0.3 is 10.1 Å². The van der Waals surface area contributed by atoms with Crippen molar-refractivity contribution in [2.24, 2.45) is 5.92 Å². The van der Waals surface area contributed by atoms with Gasteiger partial charge >= 0.3 is 0 Å². The highest BCUT2D eigenvalue weighted by Gasteiger charge is 2.52. The fourth-order valence-corrected chi connectivity index (χ4v) is 2.67. The van der Waals surface area contributed by atoms with Gasteiger partial charge in [-0.1, -0.05) is 31.5 Å². The van der Waals surface area contributed by atoms with Crippen molar-refractivity contribution < 1.29 is 14.3 Å². The Kier molecular flexibility index (Phi) is 3.78. The van der Waals surface area contributed by atoms with Crippen LogP contribution in [0.1, 0.15) is 32.3 Å². The molecule has 0 aromatic heterocycles. The summed E-state index contributed by atoms with van der Waals surface area (Å²) in [6.07, 6.45) is 0. The molecule has 5 heteroatoms. The van der Waals surface area contributed by atoms with Crippen LogP contribution in [0.25, 0.3) is 0 Å². The van der Waals surface area contributed by atoms with Crippen LogP contribution in [-0.4, -0.2) is 24.3 Å². The highest BCUT2D eigenvalue weighted by atomic mass is 35.5. The summed E-state index contributed by atoms with van der Waals surface area (Å²) in [6, 6.07) is 4.99. The predicted octanol–water partition coefficient (Wildman–Crippen LogP) is 2.55. The van der Waals surface area contributed by atoms with E-state index in [0.717, 1.165) is 0 Å². The maximum atomic E-state index is 12.6. The molecule has 0 spiro atoms. The van der Waals surface area contributed by atoms with E-state index < -0.39 is 11.5 Å². The zero-order valence-corrected chi connectivity index (χ0v) is 12.7. The van der Waals surface area contributed by atoms with E-state index in [-0.39, 0.29) is 17.6 Å². The van der Waals surface area contributed by atoms with E-state index in [0.29, 0.717) is 16.3 Å². The first-order valence-electron chi connectivity index (χ1n) is 6.51. The van der Waals surface area contributed by atoms with Crippen LogP contribution in [0, 0.1) is 5.92 Å². The lowest BCUT2D eigenvalue weighted by Crippen LogP contribution is -2.48. The third-order valence-electron chi connectivity index (χ3n) is 4.09. The first-order valence-corrected chi connectivity index (χ1v) is 6.89. The van der Waals surface area contributed by atoms with E-state index in [1.807, 2.05) is 13.8 Å². The van der Waals surface area contributed by atoms with Gasteiger partial charge in [0.15, 0.2) is 5.78 Å². The number of methoxy groups -OCH3 is 1. The summed E-state index contributed by atoms with van der Waals surface area (Å²) in [5.41, 5.74) is -0.315. The standard InChI is InChI=1S/C15H18ClNO3/c1-8(2)15(3)13(18)12(14(19)17-15)10-6-5-9(20-4)7-11(10)16/h5-8,12H,1-4H3,(H,17,19). The van der Waals surface area contributed by atoms with E-state index in [2.05, 4.69) is 5.32 Å². The normalized spacial score (nSPS) is 26.0. The van der Waals surface area contributed by atoms with Crippen LogP contribution < -0.4 is 10.1 Å². The molecule has 1 fully saturated rings. The topological polar surface area (TPSA) is 55.4 Å². The summed E-state index contributed by atoms with van der Waals surface area (Å²) in [5, 5.41) is 3.17. The van der Waals surface area contributed by atoms with Gasteiger partial charge in [-0.3, -0.25) is 9.59 Å². The number of benzene rings is 1. The number of amides is 1. The third kappa shape index (κ3) is 2.18. The number of ketones is 1. The molecule has 2 rings (SSSR count). The Balaban J connectivity index is 2.44. The first kappa shape index (κ1) is 14.9. The van der Waals surface area contributed by atoms with Gasteiger partial charge in [0.05, 0.1) is 12.6 Å². The van der Waals surface area contributed by atoms with Gasteiger partial charge in [-0.05, 0) is 30.5 Å². The predicted molar refractivity (Wildman–Crippen MR) is 77.1 cm³/mol. The molecule has 1 N–H and O–H groups in total. The number of carbonyl (C=O) groups is 2. The number of halogens is 1. The largest absolute Gasteiger partial charge is 0.497 e. The minimum atomic E-state index is -0.846. The Morgan fingerprint density at radius 1 is 1.35 bits per heavy atom. The van der Waals surface area contributed by atoms with E-state index in [1.165, 1.54) is 7.11 Å². The molecule has 0 aliphatic carbocycles. The lowest BCUT2D eigenvalue weighted by Gasteiger charge is -2.26. The molecule has 0 saturated carbocycles. The minimum absolute atomic E-state index is 0.0148. The fraction of sp³-hybridized carbons (Fsp3) is 0.467. The smallest absolute Gasteiger partial charge is 0.236 e. The quantitative estimate of drug-likeness (QED) is 0.872. The lowest BCUT2D eigenvalue weighted by atomic mass is 9.81. The van der Waals surface area contributed by atoms with Gasteiger partial charge in [0.1, 0.15) is 11.7 Å². The van der Waals surface area contributed by atoms with Crippen molar-refractivity contribution in [2.75, 3.05) is 7.11 Å². The number of nitrogens with one attached hydrogen (secondary N) is 1. The monoisotopic (exact) mass is 295 g/mol. The van der Waals surface area contributed by atoms with Crippen molar-refractivity contribution >= 4 is 23.3 Å². The van der Waals surface area contributed by atoms with E-state index in [4.69, 9.17) is 16.3 Å². The number of hydrogen-bond acceptors (Lipinski definition) is 3. The summed E-state index contributed by atoms with van der Waals surface area (Å²) in [7, 11) is 1.54. The Labute approximate surface area is 123 Å². The van der Waals surface area contributed by atoms with Gasteiger partial charge in [0.2, 0.25) is 5.91 Å². The molecule has 1 aromatic carbocycles. The Morgan fingerprint density at radius 2 is 2.00 bits per heavy atom. The molecule has 0 radical (unpaired) electrons. The van der Waals surface area contributed by atoms with Crippen LogP contribution in [0.2, 0.25) is 5.02 Å². The summed E-state index contributed by atoms with van der Waals surface area (Å²) in [4.78, 5) is 24.8. The molecule has 0 bridgehead atoms. The molecule has 1 heterocycles. The molecule has 4 nitrogen and oxygen atoms in total. The Bertz CT molecular complexity index is 570. The molecule has 1 saturated heterocycles. The maximum Gasteiger partial charge on any atom is 0.236 e. The maximum absolute atomic E-state index is 12.6. The van der Waals surface area contributed by atoms with Crippen LogP contribution in [0.4, 0.5) is 0 Å². The third-order valence-corrected chi connectivity index (χ3v) is 4.42. The van der Waals surface area contributed by atoms with Gasteiger partial charge in [0, 0.05) is 5.02 Å². The highest BCUT2D eigenvalue weighted by molar-refractivity contribution is 6.33. The second kappa shape index (κ2) is 5.09. The fourth-order valence-electron chi connectivity index (χ4n) is 2.39. The van der Waals surface area contributed by atoms with Gasteiger partial charge in [-0.15, -0.1) is 0 Å². The van der Waals surface area contributed by atoms with Gasteiger partial charge in [-0.25, -0.2) is 0 Å². The van der Waals surface area contributed by atoms with Gasteiger partial charge in [-0.2, -0.15) is 0 Å². The summed E-state index contributed by atoms with van der Waals surface area (Å²) in [5.74, 6) is -0.666.